The zero-order valence-electron chi connectivity index (χ0n) is 11.4. The highest BCUT2D eigenvalue weighted by molar-refractivity contribution is 6.34. The maximum Gasteiger partial charge on any atom is 0.122 e. The van der Waals surface area contributed by atoms with Crippen LogP contribution in [0.25, 0.3) is 0 Å². The fraction of sp³-hybridized carbons (Fsp3) is 0.429. The van der Waals surface area contributed by atoms with Crippen molar-refractivity contribution in [3.8, 4) is 5.75 Å². The predicted molar refractivity (Wildman–Crippen MR) is 81.8 cm³/mol. The fourth-order valence-electron chi connectivity index (χ4n) is 1.93. The Morgan fingerprint density at radius 1 is 1.24 bits per heavy atom. The first-order valence-electron chi connectivity index (χ1n) is 6.90. The lowest BCUT2D eigenvalue weighted by molar-refractivity contribution is 0.290. The highest BCUT2D eigenvalue weighted by Crippen LogP contribution is 2.24. The third-order valence-electron chi connectivity index (χ3n) is 3.16. The van der Waals surface area contributed by atoms with Gasteiger partial charge in [0, 0.05) is 28.8 Å². The van der Waals surface area contributed by atoms with E-state index in [2.05, 4.69) is 15.6 Å². The molecule has 1 aromatic carbocycles. The molecule has 1 aliphatic carbocycles. The first-order valence-corrected chi connectivity index (χ1v) is 7.66. The maximum atomic E-state index is 5.92. The number of nitrogens with one attached hydrogen (secondary N) is 1. The van der Waals surface area contributed by atoms with E-state index in [4.69, 9.17) is 27.9 Å². The average molecular weight is 327 g/mol. The molecule has 1 aliphatic rings. The van der Waals surface area contributed by atoms with E-state index in [9.17, 15) is 0 Å². The van der Waals surface area contributed by atoms with Crippen molar-refractivity contribution in [1.82, 2.24) is 20.3 Å². The van der Waals surface area contributed by atoms with E-state index in [1.165, 1.54) is 12.8 Å². The molecule has 3 rings (SSSR count). The smallest absolute Gasteiger partial charge is 0.122 e. The van der Waals surface area contributed by atoms with Crippen molar-refractivity contribution in [1.29, 1.82) is 0 Å². The van der Waals surface area contributed by atoms with Gasteiger partial charge in [-0.05, 0) is 31.0 Å². The van der Waals surface area contributed by atoms with Crippen molar-refractivity contribution < 1.29 is 4.74 Å². The van der Waals surface area contributed by atoms with Crippen LogP contribution in [0.2, 0.25) is 10.0 Å². The van der Waals surface area contributed by atoms with Gasteiger partial charge in [-0.1, -0.05) is 28.4 Å². The van der Waals surface area contributed by atoms with Gasteiger partial charge in [-0.2, -0.15) is 0 Å². The van der Waals surface area contributed by atoms with Crippen molar-refractivity contribution >= 4 is 23.2 Å². The molecular formula is C14H16Cl2N4O. The molecule has 0 unspecified atom stereocenters. The molecule has 1 saturated carbocycles. The minimum Gasteiger partial charge on any atom is -0.492 e. The van der Waals surface area contributed by atoms with Gasteiger partial charge >= 0.3 is 0 Å². The monoisotopic (exact) mass is 326 g/mol. The number of nitrogens with zero attached hydrogens (tertiary/aromatic N) is 3. The standard InChI is InChI=1S/C14H16Cl2N4O/c15-10-5-11(16)7-14(6-10)21-4-3-20-9-13(18-19-20)8-17-12-1-2-12/h5-7,9,12,17H,1-4,8H2. The summed E-state index contributed by atoms with van der Waals surface area (Å²) in [6.45, 7) is 1.88. The molecule has 1 heterocycles. The zero-order chi connectivity index (χ0) is 14.7. The molecule has 5 nitrogen and oxygen atoms in total. The number of rotatable bonds is 7. The fourth-order valence-corrected chi connectivity index (χ4v) is 2.44. The van der Waals surface area contributed by atoms with Crippen LogP contribution in [0, 0.1) is 0 Å². The summed E-state index contributed by atoms with van der Waals surface area (Å²) < 4.78 is 7.39. The molecule has 0 amide bonds. The van der Waals surface area contributed by atoms with Gasteiger partial charge in [0.2, 0.25) is 0 Å². The molecule has 0 saturated heterocycles. The van der Waals surface area contributed by atoms with E-state index >= 15 is 0 Å². The van der Waals surface area contributed by atoms with Crippen molar-refractivity contribution in [3.05, 3.63) is 40.1 Å². The lowest BCUT2D eigenvalue weighted by atomic mass is 10.3. The van der Waals surface area contributed by atoms with E-state index < -0.39 is 0 Å². The summed E-state index contributed by atoms with van der Waals surface area (Å²) in [7, 11) is 0. The first kappa shape index (κ1) is 14.6. The van der Waals surface area contributed by atoms with Crippen molar-refractivity contribution in [2.45, 2.75) is 32.0 Å². The van der Waals surface area contributed by atoms with Gasteiger partial charge in [0.1, 0.15) is 12.4 Å². The number of aromatic nitrogens is 3. The average Bonchev–Trinajstić information content (AvgIpc) is 3.15. The Labute approximate surface area is 133 Å². The molecule has 0 aliphatic heterocycles. The maximum absolute atomic E-state index is 5.92. The van der Waals surface area contributed by atoms with Crippen LogP contribution < -0.4 is 10.1 Å². The summed E-state index contributed by atoms with van der Waals surface area (Å²) in [5, 5.41) is 12.7. The molecule has 0 bridgehead atoms. The number of ether oxygens (including phenoxy) is 1. The first-order chi connectivity index (χ1) is 10.2. The van der Waals surface area contributed by atoms with Crippen LogP contribution in [-0.2, 0) is 13.1 Å². The van der Waals surface area contributed by atoms with Gasteiger partial charge in [-0.25, -0.2) is 4.68 Å². The van der Waals surface area contributed by atoms with Crippen LogP contribution in [-0.4, -0.2) is 27.6 Å². The Bertz CT molecular complexity index is 593. The molecule has 1 aromatic heterocycles. The Morgan fingerprint density at radius 2 is 2.00 bits per heavy atom. The van der Waals surface area contributed by atoms with Crippen LogP contribution in [0.1, 0.15) is 18.5 Å². The number of halogens is 2. The molecular weight excluding hydrogens is 311 g/mol. The highest BCUT2D eigenvalue weighted by Gasteiger charge is 2.20. The second kappa shape index (κ2) is 6.64. The Kier molecular flexibility index (Phi) is 4.63. The van der Waals surface area contributed by atoms with Gasteiger partial charge in [-0.15, -0.1) is 5.10 Å². The second-order valence-electron chi connectivity index (χ2n) is 5.08. The quantitative estimate of drug-likeness (QED) is 0.850. The van der Waals surface area contributed by atoms with Gasteiger partial charge in [0.15, 0.2) is 0 Å². The van der Waals surface area contributed by atoms with E-state index in [-0.39, 0.29) is 0 Å². The van der Waals surface area contributed by atoms with Crippen LogP contribution in [0.3, 0.4) is 0 Å². The highest BCUT2D eigenvalue weighted by atomic mass is 35.5. The largest absolute Gasteiger partial charge is 0.492 e. The number of benzene rings is 1. The summed E-state index contributed by atoms with van der Waals surface area (Å²) in [4.78, 5) is 0. The van der Waals surface area contributed by atoms with Gasteiger partial charge in [0.05, 0.1) is 12.2 Å². The van der Waals surface area contributed by atoms with Crippen LogP contribution in [0.4, 0.5) is 0 Å². The third-order valence-corrected chi connectivity index (χ3v) is 3.60. The summed E-state index contributed by atoms with van der Waals surface area (Å²) in [6, 6.07) is 5.82. The molecule has 2 aromatic rings. The van der Waals surface area contributed by atoms with Crippen molar-refractivity contribution in [2.24, 2.45) is 0 Å². The van der Waals surface area contributed by atoms with E-state index in [0.717, 1.165) is 12.2 Å². The molecule has 1 fully saturated rings. The molecule has 0 spiro atoms. The minimum atomic E-state index is 0.482. The van der Waals surface area contributed by atoms with Crippen LogP contribution in [0.15, 0.2) is 24.4 Å². The number of hydrogen-bond donors (Lipinski definition) is 1. The van der Waals surface area contributed by atoms with Crippen molar-refractivity contribution in [2.75, 3.05) is 6.61 Å². The van der Waals surface area contributed by atoms with Crippen LogP contribution >= 0.6 is 23.2 Å². The Balaban J connectivity index is 1.46. The molecule has 0 atom stereocenters. The minimum absolute atomic E-state index is 0.482. The molecule has 0 radical (unpaired) electrons. The van der Waals surface area contributed by atoms with Gasteiger partial charge in [-0.3, -0.25) is 0 Å². The van der Waals surface area contributed by atoms with E-state index in [1.54, 1.807) is 22.9 Å². The van der Waals surface area contributed by atoms with Crippen molar-refractivity contribution in [3.63, 3.8) is 0 Å². The second-order valence-corrected chi connectivity index (χ2v) is 5.95. The van der Waals surface area contributed by atoms with Crippen LogP contribution in [0.5, 0.6) is 5.75 Å². The van der Waals surface area contributed by atoms with Gasteiger partial charge < -0.3 is 10.1 Å². The summed E-state index contributed by atoms with van der Waals surface area (Å²) in [5.41, 5.74) is 0.952. The molecule has 112 valence electrons. The molecule has 7 heteroatoms. The SMILES string of the molecule is Clc1cc(Cl)cc(OCCn2cc(CNC3CC3)nn2)c1. The number of hydrogen-bond acceptors (Lipinski definition) is 4. The predicted octanol–water partition coefficient (Wildman–Crippen LogP) is 2.92. The third kappa shape index (κ3) is 4.59. The van der Waals surface area contributed by atoms with E-state index in [0.29, 0.717) is 35.0 Å². The zero-order valence-corrected chi connectivity index (χ0v) is 12.9. The normalized spacial score (nSPS) is 14.4. The Hall–Kier alpha value is -1.30. The topological polar surface area (TPSA) is 52.0 Å². The lowest BCUT2D eigenvalue weighted by Gasteiger charge is -2.06. The summed E-state index contributed by atoms with van der Waals surface area (Å²) >= 11 is 11.8. The van der Waals surface area contributed by atoms with E-state index in [1.807, 2.05) is 6.20 Å². The lowest BCUT2D eigenvalue weighted by Crippen LogP contribution is -2.15. The molecule has 21 heavy (non-hydrogen) atoms. The molecule has 1 N–H and O–H groups in total. The van der Waals surface area contributed by atoms with Gasteiger partial charge in [0.25, 0.3) is 0 Å². The summed E-state index contributed by atoms with van der Waals surface area (Å²) in [6.07, 6.45) is 4.47. The summed E-state index contributed by atoms with van der Waals surface area (Å²) in [5.74, 6) is 0.656. The Morgan fingerprint density at radius 3 is 2.71 bits per heavy atom.